The third-order valence-corrected chi connectivity index (χ3v) is 7.36. The summed E-state index contributed by atoms with van der Waals surface area (Å²) in [6.45, 7) is 3.11. The number of hydrogen-bond donors (Lipinski definition) is 1. The number of carbonyl (C=O) groups is 2. The summed E-state index contributed by atoms with van der Waals surface area (Å²) in [6.07, 6.45) is 7.31. The maximum absolute atomic E-state index is 13.1. The highest BCUT2D eigenvalue weighted by Crippen LogP contribution is 2.37. The second kappa shape index (κ2) is 11.0. The molecule has 4 aromatic rings. The van der Waals surface area contributed by atoms with E-state index in [9.17, 15) is 9.59 Å². The number of pyridine rings is 1. The van der Waals surface area contributed by atoms with Crippen LogP contribution in [0.1, 0.15) is 57.4 Å². The zero-order valence-corrected chi connectivity index (χ0v) is 21.2. The van der Waals surface area contributed by atoms with Gasteiger partial charge in [-0.2, -0.15) is 5.21 Å². The van der Waals surface area contributed by atoms with E-state index in [1.807, 2.05) is 47.4 Å². The van der Waals surface area contributed by atoms with Crippen LogP contribution < -0.4 is 0 Å². The van der Waals surface area contributed by atoms with Gasteiger partial charge in [0.1, 0.15) is 6.29 Å². The van der Waals surface area contributed by atoms with Crippen molar-refractivity contribution in [3.63, 3.8) is 0 Å². The number of H-pyrrole nitrogens is 1. The first-order chi connectivity index (χ1) is 18.1. The van der Waals surface area contributed by atoms with Gasteiger partial charge in [0, 0.05) is 41.4 Å². The van der Waals surface area contributed by atoms with E-state index in [0.29, 0.717) is 25.3 Å². The highest BCUT2D eigenvalue weighted by atomic mass is 16.2. The molecule has 0 atom stereocenters. The number of fused-ring (bicyclic) bond motifs is 1. The summed E-state index contributed by atoms with van der Waals surface area (Å²) in [6, 6.07) is 18.2. The van der Waals surface area contributed by atoms with Crippen LogP contribution in [0.4, 0.5) is 0 Å². The molecule has 5 rings (SSSR count). The lowest BCUT2D eigenvalue weighted by atomic mass is 9.87. The molecule has 0 unspecified atom stereocenters. The molecule has 8 nitrogen and oxygen atoms in total. The maximum atomic E-state index is 13.1. The van der Waals surface area contributed by atoms with Crippen LogP contribution >= 0.6 is 0 Å². The average Bonchev–Trinajstić information content (AvgIpc) is 3.64. The molecule has 190 valence electrons. The van der Waals surface area contributed by atoms with Gasteiger partial charge in [0.15, 0.2) is 0 Å². The van der Waals surface area contributed by atoms with Crippen LogP contribution in [0.15, 0.2) is 54.6 Å². The number of hydrogen-bond acceptors (Lipinski definition) is 6. The Bertz CT molecular complexity index is 1360. The number of nitrogens with zero attached hydrogens (tertiary/aromatic N) is 5. The van der Waals surface area contributed by atoms with Gasteiger partial charge in [0.05, 0.1) is 11.2 Å². The van der Waals surface area contributed by atoms with Crippen molar-refractivity contribution < 1.29 is 9.59 Å². The average molecular weight is 497 g/mol. The van der Waals surface area contributed by atoms with E-state index < -0.39 is 5.41 Å². The lowest BCUT2D eigenvalue weighted by molar-refractivity contribution is -0.134. The minimum absolute atomic E-state index is 0.132. The van der Waals surface area contributed by atoms with Gasteiger partial charge in [-0.15, -0.1) is 10.2 Å². The van der Waals surface area contributed by atoms with E-state index in [0.717, 1.165) is 78.1 Å². The van der Waals surface area contributed by atoms with Crippen molar-refractivity contribution in [1.82, 2.24) is 30.5 Å². The first-order valence-corrected chi connectivity index (χ1v) is 13.1. The van der Waals surface area contributed by atoms with Crippen LogP contribution in [0, 0.1) is 5.41 Å². The van der Waals surface area contributed by atoms with Gasteiger partial charge in [-0.25, -0.2) is 4.98 Å². The van der Waals surface area contributed by atoms with E-state index in [4.69, 9.17) is 4.98 Å². The summed E-state index contributed by atoms with van der Waals surface area (Å²) in [4.78, 5) is 31.9. The van der Waals surface area contributed by atoms with Crippen molar-refractivity contribution in [3.8, 4) is 22.6 Å². The van der Waals surface area contributed by atoms with Crippen molar-refractivity contribution in [1.29, 1.82) is 0 Å². The normalized spacial score (nSPS) is 14.6. The van der Waals surface area contributed by atoms with Gasteiger partial charge in [0.2, 0.25) is 11.7 Å². The summed E-state index contributed by atoms with van der Waals surface area (Å²) in [5, 5.41) is 15.1. The molecule has 0 spiro atoms. The molecule has 0 bridgehead atoms. The summed E-state index contributed by atoms with van der Waals surface area (Å²) in [7, 11) is 0. The molecule has 2 aromatic heterocycles. The van der Waals surface area contributed by atoms with E-state index in [1.165, 1.54) is 0 Å². The molecule has 0 aliphatic heterocycles. The fourth-order valence-electron chi connectivity index (χ4n) is 5.22. The van der Waals surface area contributed by atoms with E-state index >= 15 is 0 Å². The molecule has 1 fully saturated rings. The Morgan fingerprint density at radius 1 is 1.05 bits per heavy atom. The van der Waals surface area contributed by atoms with Gasteiger partial charge >= 0.3 is 0 Å². The SMILES string of the molecule is CCCCC(=O)N(Cc1ccc2nc(-c3ccc(-c4nn[nH]n4)cc3)ccc2c1)CC1(C=O)CCCC1. The summed E-state index contributed by atoms with van der Waals surface area (Å²) in [5.74, 6) is 0.688. The number of benzene rings is 2. The molecule has 37 heavy (non-hydrogen) atoms. The van der Waals surface area contributed by atoms with Crippen LogP contribution in [-0.4, -0.2) is 49.2 Å². The number of rotatable bonds is 10. The molecule has 8 heteroatoms. The van der Waals surface area contributed by atoms with E-state index in [1.54, 1.807) is 0 Å². The number of unbranched alkanes of at least 4 members (excludes halogenated alkanes) is 1. The Morgan fingerprint density at radius 2 is 1.84 bits per heavy atom. The first-order valence-electron chi connectivity index (χ1n) is 13.1. The molecule has 2 heterocycles. The third-order valence-electron chi connectivity index (χ3n) is 7.36. The van der Waals surface area contributed by atoms with Crippen LogP contribution in [-0.2, 0) is 16.1 Å². The molecular formula is C29H32N6O2. The molecule has 1 N–H and O–H groups in total. The smallest absolute Gasteiger partial charge is 0.222 e. The molecule has 0 radical (unpaired) electrons. The van der Waals surface area contributed by atoms with Gasteiger partial charge in [-0.05, 0) is 48.2 Å². The predicted molar refractivity (Wildman–Crippen MR) is 142 cm³/mol. The lowest BCUT2D eigenvalue weighted by Gasteiger charge is -2.31. The van der Waals surface area contributed by atoms with Gasteiger partial charge in [-0.3, -0.25) is 4.79 Å². The monoisotopic (exact) mass is 496 g/mol. The third kappa shape index (κ3) is 5.58. The van der Waals surface area contributed by atoms with Crippen molar-refractivity contribution >= 4 is 23.1 Å². The lowest BCUT2D eigenvalue weighted by Crippen LogP contribution is -2.40. The number of aromatic amines is 1. The molecule has 0 saturated heterocycles. The topological polar surface area (TPSA) is 105 Å². The van der Waals surface area contributed by atoms with Crippen LogP contribution in [0.25, 0.3) is 33.5 Å². The van der Waals surface area contributed by atoms with Crippen LogP contribution in [0.3, 0.4) is 0 Å². The van der Waals surface area contributed by atoms with E-state index in [2.05, 4.69) is 39.7 Å². The summed E-state index contributed by atoms with van der Waals surface area (Å²) >= 11 is 0. The number of amides is 1. The predicted octanol–water partition coefficient (Wildman–Crippen LogP) is 5.36. The second-order valence-corrected chi connectivity index (χ2v) is 10.1. The molecule has 1 saturated carbocycles. The Kier molecular flexibility index (Phi) is 7.35. The summed E-state index contributed by atoms with van der Waals surface area (Å²) in [5.41, 5.74) is 4.32. The van der Waals surface area contributed by atoms with Crippen molar-refractivity contribution in [2.24, 2.45) is 5.41 Å². The minimum atomic E-state index is -0.394. The Labute approximate surface area is 216 Å². The fraction of sp³-hybridized carbons (Fsp3) is 0.379. The number of aldehydes is 1. The number of nitrogens with one attached hydrogen (secondary N) is 1. The zero-order chi connectivity index (χ0) is 25.7. The van der Waals surface area contributed by atoms with Crippen molar-refractivity contribution in [3.05, 3.63) is 60.2 Å². The molecule has 1 amide bonds. The van der Waals surface area contributed by atoms with Crippen LogP contribution in [0.5, 0.6) is 0 Å². The van der Waals surface area contributed by atoms with Gasteiger partial charge < -0.3 is 9.69 Å². The summed E-state index contributed by atoms with van der Waals surface area (Å²) < 4.78 is 0. The minimum Gasteiger partial charge on any atom is -0.337 e. The van der Waals surface area contributed by atoms with Crippen LogP contribution in [0.2, 0.25) is 0 Å². The van der Waals surface area contributed by atoms with Gasteiger partial charge in [-0.1, -0.05) is 62.6 Å². The Balaban J connectivity index is 1.35. The Morgan fingerprint density at radius 3 is 2.54 bits per heavy atom. The first kappa shape index (κ1) is 24.7. The highest BCUT2D eigenvalue weighted by Gasteiger charge is 2.36. The number of aromatic nitrogens is 5. The maximum Gasteiger partial charge on any atom is 0.222 e. The van der Waals surface area contributed by atoms with Crippen molar-refractivity contribution in [2.75, 3.05) is 6.54 Å². The highest BCUT2D eigenvalue weighted by molar-refractivity contribution is 5.83. The Hall–Kier alpha value is -3.94. The number of carbonyl (C=O) groups excluding carboxylic acids is 2. The van der Waals surface area contributed by atoms with Crippen molar-refractivity contribution in [2.45, 2.75) is 58.4 Å². The molecular weight excluding hydrogens is 464 g/mol. The number of tetrazole rings is 1. The molecule has 1 aliphatic rings. The zero-order valence-electron chi connectivity index (χ0n) is 21.2. The fourth-order valence-corrected chi connectivity index (χ4v) is 5.22. The molecule has 2 aromatic carbocycles. The molecule has 1 aliphatic carbocycles. The van der Waals surface area contributed by atoms with E-state index in [-0.39, 0.29) is 5.91 Å². The largest absolute Gasteiger partial charge is 0.337 e. The quantitative estimate of drug-likeness (QED) is 0.296. The van der Waals surface area contributed by atoms with Gasteiger partial charge in [0.25, 0.3) is 0 Å². The standard InChI is InChI=1S/C29H32N6O2/c1-2-3-6-27(37)35(19-29(20-36)15-4-5-16-29)18-21-7-13-26-24(17-21)12-14-25(30-26)22-8-10-23(11-9-22)28-31-33-34-32-28/h7-14,17,20H,2-6,15-16,18-19H2,1H3,(H,31,32,33,34). The second-order valence-electron chi connectivity index (χ2n) is 10.1.